The molecule has 0 saturated heterocycles. The summed E-state index contributed by atoms with van der Waals surface area (Å²) in [6.07, 6.45) is 10.1. The van der Waals surface area contributed by atoms with E-state index in [9.17, 15) is 19.8 Å². The number of carboxylic acids is 2. The summed E-state index contributed by atoms with van der Waals surface area (Å²) in [5, 5.41) is 19.6. The molecule has 4 heteroatoms. The first kappa shape index (κ1) is 19.3. The maximum atomic E-state index is 12.4. The van der Waals surface area contributed by atoms with E-state index in [1.165, 1.54) is 6.42 Å². The van der Waals surface area contributed by atoms with Gasteiger partial charge in [-0.2, -0.15) is 0 Å². The largest absolute Gasteiger partial charge is 0.481 e. The van der Waals surface area contributed by atoms with Gasteiger partial charge in [-0.3, -0.25) is 9.59 Å². The molecule has 2 saturated carbocycles. The monoisotopic (exact) mass is 338 g/mol. The van der Waals surface area contributed by atoms with Crippen molar-refractivity contribution < 1.29 is 19.8 Å². The topological polar surface area (TPSA) is 74.6 Å². The summed E-state index contributed by atoms with van der Waals surface area (Å²) in [7, 11) is 0. The van der Waals surface area contributed by atoms with E-state index in [1.807, 2.05) is 0 Å². The van der Waals surface area contributed by atoms with E-state index >= 15 is 0 Å². The van der Waals surface area contributed by atoms with Crippen molar-refractivity contribution in [2.45, 2.75) is 84.5 Å². The molecule has 2 fully saturated rings. The second-order valence-corrected chi connectivity index (χ2v) is 8.51. The number of carboxylic acid groups (broad SMARTS) is 2. The smallest absolute Gasteiger partial charge is 0.310 e. The standard InChI is InChI=1S/C20H34O4/c1-14(2)7-6-10-17-13-15(18(21)22)11-12-20(17,19(23)24)16-8-4-3-5-9-16/h14-17H,3-13H2,1-2H3,(H,21,22)(H,23,24). The molecular weight excluding hydrogens is 304 g/mol. The van der Waals surface area contributed by atoms with Gasteiger partial charge in [0.15, 0.2) is 0 Å². The van der Waals surface area contributed by atoms with E-state index in [2.05, 4.69) is 13.8 Å². The van der Waals surface area contributed by atoms with Gasteiger partial charge in [-0.1, -0.05) is 46.0 Å². The lowest BCUT2D eigenvalue weighted by Crippen LogP contribution is -2.50. The van der Waals surface area contributed by atoms with Gasteiger partial charge in [0.25, 0.3) is 0 Å². The second-order valence-electron chi connectivity index (χ2n) is 8.51. The highest BCUT2D eigenvalue weighted by Gasteiger charge is 2.54. The Morgan fingerprint density at radius 2 is 1.75 bits per heavy atom. The van der Waals surface area contributed by atoms with E-state index in [0.29, 0.717) is 25.2 Å². The SMILES string of the molecule is CC(C)CCCC1CC(C(=O)O)CCC1(C(=O)O)C1CCCCC1. The van der Waals surface area contributed by atoms with Gasteiger partial charge in [0.05, 0.1) is 11.3 Å². The minimum Gasteiger partial charge on any atom is -0.481 e. The van der Waals surface area contributed by atoms with Crippen LogP contribution in [0.2, 0.25) is 0 Å². The van der Waals surface area contributed by atoms with Crippen LogP contribution in [0.1, 0.15) is 84.5 Å². The Labute approximate surface area is 146 Å². The van der Waals surface area contributed by atoms with Crippen molar-refractivity contribution in [2.75, 3.05) is 0 Å². The summed E-state index contributed by atoms with van der Waals surface area (Å²) in [5.41, 5.74) is -0.677. The highest BCUT2D eigenvalue weighted by atomic mass is 16.4. The fourth-order valence-corrected chi connectivity index (χ4v) is 5.27. The summed E-state index contributed by atoms with van der Waals surface area (Å²) >= 11 is 0. The number of carbonyl (C=O) groups is 2. The molecule has 0 radical (unpaired) electrons. The lowest BCUT2D eigenvalue weighted by molar-refractivity contribution is -0.168. The van der Waals surface area contributed by atoms with Gasteiger partial charge in [0.2, 0.25) is 0 Å². The molecule has 4 nitrogen and oxygen atoms in total. The van der Waals surface area contributed by atoms with E-state index in [0.717, 1.165) is 44.9 Å². The van der Waals surface area contributed by atoms with E-state index in [-0.39, 0.29) is 17.8 Å². The zero-order chi connectivity index (χ0) is 17.7. The Hall–Kier alpha value is -1.06. The van der Waals surface area contributed by atoms with Crippen LogP contribution < -0.4 is 0 Å². The van der Waals surface area contributed by atoms with Gasteiger partial charge in [-0.05, 0) is 56.3 Å². The van der Waals surface area contributed by atoms with Crippen molar-refractivity contribution in [2.24, 2.45) is 29.1 Å². The molecule has 0 aromatic carbocycles. The van der Waals surface area contributed by atoms with Crippen molar-refractivity contribution in [3.8, 4) is 0 Å². The van der Waals surface area contributed by atoms with Gasteiger partial charge >= 0.3 is 11.9 Å². The number of aliphatic carboxylic acids is 2. The van der Waals surface area contributed by atoms with Crippen LogP contribution in [0.25, 0.3) is 0 Å². The van der Waals surface area contributed by atoms with Crippen molar-refractivity contribution in [3.05, 3.63) is 0 Å². The molecule has 3 atom stereocenters. The highest BCUT2D eigenvalue weighted by Crippen LogP contribution is 2.54. The maximum Gasteiger partial charge on any atom is 0.310 e. The first-order valence-electron chi connectivity index (χ1n) is 9.84. The fourth-order valence-electron chi connectivity index (χ4n) is 5.27. The van der Waals surface area contributed by atoms with Crippen LogP contribution in [0.3, 0.4) is 0 Å². The molecule has 0 aromatic rings. The lowest BCUT2D eigenvalue weighted by Gasteiger charge is -2.49. The molecule has 0 aromatic heterocycles. The summed E-state index contributed by atoms with van der Waals surface area (Å²) in [4.78, 5) is 23.9. The van der Waals surface area contributed by atoms with Crippen LogP contribution in [0.4, 0.5) is 0 Å². The molecule has 0 bridgehead atoms. The Bertz CT molecular complexity index is 439. The third-order valence-electron chi connectivity index (χ3n) is 6.62. The number of hydrogen-bond donors (Lipinski definition) is 2. The van der Waals surface area contributed by atoms with Crippen LogP contribution >= 0.6 is 0 Å². The van der Waals surface area contributed by atoms with Crippen molar-refractivity contribution >= 4 is 11.9 Å². The highest BCUT2D eigenvalue weighted by molar-refractivity contribution is 5.77. The van der Waals surface area contributed by atoms with Crippen molar-refractivity contribution in [1.82, 2.24) is 0 Å². The fraction of sp³-hybridized carbons (Fsp3) is 0.900. The molecule has 2 aliphatic rings. The third-order valence-corrected chi connectivity index (χ3v) is 6.62. The van der Waals surface area contributed by atoms with Crippen molar-refractivity contribution in [3.63, 3.8) is 0 Å². The van der Waals surface area contributed by atoms with Crippen LogP contribution in [0.5, 0.6) is 0 Å². The van der Waals surface area contributed by atoms with Gasteiger partial charge < -0.3 is 10.2 Å². The molecular formula is C20H34O4. The molecule has 0 heterocycles. The average Bonchev–Trinajstić information content (AvgIpc) is 2.55. The molecule has 138 valence electrons. The van der Waals surface area contributed by atoms with E-state index < -0.39 is 17.4 Å². The van der Waals surface area contributed by atoms with Crippen LogP contribution in [0.15, 0.2) is 0 Å². The Balaban J connectivity index is 2.22. The zero-order valence-corrected chi connectivity index (χ0v) is 15.3. The van der Waals surface area contributed by atoms with Crippen molar-refractivity contribution in [1.29, 1.82) is 0 Å². The first-order valence-corrected chi connectivity index (χ1v) is 9.84. The molecule has 2 rings (SSSR count). The summed E-state index contributed by atoms with van der Waals surface area (Å²) in [6.45, 7) is 4.37. The summed E-state index contributed by atoms with van der Waals surface area (Å²) in [6, 6.07) is 0. The minimum atomic E-state index is -0.744. The Kier molecular flexibility index (Phi) is 6.70. The number of hydrogen-bond acceptors (Lipinski definition) is 2. The van der Waals surface area contributed by atoms with E-state index in [1.54, 1.807) is 0 Å². The van der Waals surface area contributed by atoms with E-state index in [4.69, 9.17) is 0 Å². The van der Waals surface area contributed by atoms with Gasteiger partial charge in [-0.25, -0.2) is 0 Å². The summed E-state index contributed by atoms with van der Waals surface area (Å²) in [5.74, 6) is -0.892. The number of rotatable bonds is 7. The molecule has 0 amide bonds. The Morgan fingerprint density at radius 1 is 1.08 bits per heavy atom. The van der Waals surface area contributed by atoms with Crippen LogP contribution in [0, 0.1) is 29.1 Å². The normalized spacial score (nSPS) is 32.0. The molecule has 2 aliphatic carbocycles. The molecule has 3 unspecified atom stereocenters. The van der Waals surface area contributed by atoms with Gasteiger partial charge in [0.1, 0.15) is 0 Å². The average molecular weight is 338 g/mol. The van der Waals surface area contributed by atoms with Gasteiger partial charge in [-0.15, -0.1) is 0 Å². The minimum absolute atomic E-state index is 0.0201. The Morgan fingerprint density at radius 3 is 2.29 bits per heavy atom. The predicted molar refractivity (Wildman–Crippen MR) is 93.8 cm³/mol. The second kappa shape index (κ2) is 8.35. The maximum absolute atomic E-state index is 12.4. The van der Waals surface area contributed by atoms with Crippen LogP contribution in [-0.2, 0) is 9.59 Å². The predicted octanol–water partition coefficient (Wildman–Crippen LogP) is 4.96. The first-order chi connectivity index (χ1) is 11.4. The third kappa shape index (κ3) is 4.12. The molecule has 0 spiro atoms. The van der Waals surface area contributed by atoms with Gasteiger partial charge in [0, 0.05) is 0 Å². The molecule has 0 aliphatic heterocycles. The zero-order valence-electron chi connectivity index (χ0n) is 15.3. The summed E-state index contributed by atoms with van der Waals surface area (Å²) < 4.78 is 0. The van der Waals surface area contributed by atoms with Crippen LogP contribution in [-0.4, -0.2) is 22.2 Å². The quantitative estimate of drug-likeness (QED) is 0.687. The lowest BCUT2D eigenvalue weighted by atomic mass is 9.54. The molecule has 24 heavy (non-hydrogen) atoms. The molecule has 2 N–H and O–H groups in total.